The predicted octanol–water partition coefficient (Wildman–Crippen LogP) is 3.40. The molecule has 0 aliphatic carbocycles. The van der Waals surface area contributed by atoms with Gasteiger partial charge in [0.25, 0.3) is 0 Å². The second kappa shape index (κ2) is 8.66. The molecule has 148 valence electrons. The van der Waals surface area contributed by atoms with Gasteiger partial charge in [0.15, 0.2) is 5.78 Å². The summed E-state index contributed by atoms with van der Waals surface area (Å²) in [7, 11) is 0. The van der Waals surface area contributed by atoms with E-state index >= 15 is 0 Å². The van der Waals surface area contributed by atoms with E-state index in [1.165, 1.54) is 0 Å². The Morgan fingerprint density at radius 2 is 1.55 bits per heavy atom. The Labute approximate surface area is 169 Å². The van der Waals surface area contributed by atoms with Crippen LogP contribution in [0.25, 0.3) is 0 Å². The molecule has 0 spiro atoms. The van der Waals surface area contributed by atoms with Crippen LogP contribution in [0, 0.1) is 0 Å². The summed E-state index contributed by atoms with van der Waals surface area (Å²) in [6, 6.07) is 17.0. The molecule has 0 bridgehead atoms. The number of nitrogens with zero attached hydrogens (tertiary/aromatic N) is 4. The molecule has 2 N–H and O–H groups in total. The molecule has 0 amide bonds. The number of anilines is 5. The third-order valence-corrected chi connectivity index (χ3v) is 4.47. The summed E-state index contributed by atoms with van der Waals surface area (Å²) in [5.41, 5.74) is 2.25. The van der Waals surface area contributed by atoms with Gasteiger partial charge in [-0.15, -0.1) is 0 Å². The van der Waals surface area contributed by atoms with Crippen molar-refractivity contribution in [3.8, 4) is 0 Å². The number of Topliss-reactive ketones (excluding diaryl/α,β-unsaturated/α-hetero) is 1. The van der Waals surface area contributed by atoms with E-state index in [1.54, 1.807) is 19.1 Å². The maximum Gasteiger partial charge on any atom is 0.233 e. The Hall–Kier alpha value is -3.52. The number of benzene rings is 2. The van der Waals surface area contributed by atoms with Crippen molar-refractivity contribution >= 4 is 35.0 Å². The average molecular weight is 390 g/mol. The van der Waals surface area contributed by atoms with Gasteiger partial charge in [-0.3, -0.25) is 4.79 Å². The summed E-state index contributed by atoms with van der Waals surface area (Å²) in [4.78, 5) is 27.4. The molecule has 2 aromatic carbocycles. The number of aromatic nitrogens is 3. The van der Waals surface area contributed by atoms with Crippen molar-refractivity contribution in [2.45, 2.75) is 6.92 Å². The molecule has 0 radical (unpaired) electrons. The van der Waals surface area contributed by atoms with Crippen molar-refractivity contribution in [1.82, 2.24) is 15.0 Å². The molecule has 8 heteroatoms. The predicted molar refractivity (Wildman–Crippen MR) is 112 cm³/mol. The largest absolute Gasteiger partial charge is 0.378 e. The number of rotatable bonds is 6. The summed E-state index contributed by atoms with van der Waals surface area (Å²) in [6.45, 7) is 4.25. The molecular formula is C21H22N6O2. The van der Waals surface area contributed by atoms with Gasteiger partial charge in [0.2, 0.25) is 17.8 Å². The Morgan fingerprint density at radius 3 is 2.24 bits per heavy atom. The number of hydrogen-bond acceptors (Lipinski definition) is 8. The van der Waals surface area contributed by atoms with Crippen molar-refractivity contribution in [3.63, 3.8) is 0 Å². The van der Waals surface area contributed by atoms with Crippen LogP contribution in [-0.2, 0) is 4.74 Å². The number of para-hydroxylation sites is 1. The first-order chi connectivity index (χ1) is 14.2. The molecular weight excluding hydrogens is 368 g/mol. The zero-order valence-electron chi connectivity index (χ0n) is 16.1. The quantitative estimate of drug-likeness (QED) is 0.619. The van der Waals surface area contributed by atoms with E-state index < -0.39 is 0 Å². The van der Waals surface area contributed by atoms with Gasteiger partial charge in [-0.1, -0.05) is 30.3 Å². The lowest BCUT2D eigenvalue weighted by Gasteiger charge is -2.27. The summed E-state index contributed by atoms with van der Waals surface area (Å²) >= 11 is 0. The smallest absolute Gasteiger partial charge is 0.233 e. The van der Waals surface area contributed by atoms with Gasteiger partial charge in [-0.25, -0.2) is 0 Å². The summed E-state index contributed by atoms with van der Waals surface area (Å²) < 4.78 is 5.43. The van der Waals surface area contributed by atoms with E-state index in [-0.39, 0.29) is 5.78 Å². The second-order valence-electron chi connectivity index (χ2n) is 6.64. The Bertz CT molecular complexity index is 989. The van der Waals surface area contributed by atoms with E-state index in [0.29, 0.717) is 49.7 Å². The van der Waals surface area contributed by atoms with Crippen LogP contribution in [0.15, 0.2) is 54.6 Å². The maximum atomic E-state index is 11.7. The lowest BCUT2D eigenvalue weighted by molar-refractivity contribution is 0.101. The highest BCUT2D eigenvalue weighted by Crippen LogP contribution is 2.21. The van der Waals surface area contributed by atoms with Gasteiger partial charge in [-0.2, -0.15) is 15.0 Å². The van der Waals surface area contributed by atoms with Crippen molar-refractivity contribution in [2.75, 3.05) is 41.8 Å². The Kier molecular flexibility index (Phi) is 5.62. The van der Waals surface area contributed by atoms with Gasteiger partial charge in [0, 0.05) is 30.0 Å². The molecule has 1 aliphatic rings. The molecule has 0 atom stereocenters. The molecule has 1 aliphatic heterocycles. The first-order valence-electron chi connectivity index (χ1n) is 9.46. The fraction of sp³-hybridized carbons (Fsp3) is 0.238. The van der Waals surface area contributed by atoms with E-state index in [4.69, 9.17) is 4.74 Å². The molecule has 4 rings (SSSR count). The molecule has 0 saturated carbocycles. The van der Waals surface area contributed by atoms with Crippen LogP contribution in [0.3, 0.4) is 0 Å². The van der Waals surface area contributed by atoms with Crippen LogP contribution >= 0.6 is 0 Å². The molecule has 1 aromatic heterocycles. The van der Waals surface area contributed by atoms with Gasteiger partial charge >= 0.3 is 0 Å². The summed E-state index contributed by atoms with van der Waals surface area (Å²) in [6.07, 6.45) is 0. The fourth-order valence-electron chi connectivity index (χ4n) is 2.98. The minimum atomic E-state index is 0.00438. The SMILES string of the molecule is CC(=O)c1cccc(Nc2nc(Nc3ccccc3)nc(N3CCOCC3)n2)c1. The number of nitrogens with one attached hydrogen (secondary N) is 2. The molecule has 1 fully saturated rings. The van der Waals surface area contributed by atoms with Crippen LogP contribution in [0.4, 0.5) is 29.2 Å². The average Bonchev–Trinajstić information content (AvgIpc) is 2.75. The van der Waals surface area contributed by atoms with Gasteiger partial charge in [0.1, 0.15) is 0 Å². The van der Waals surface area contributed by atoms with Crippen LogP contribution < -0.4 is 15.5 Å². The first-order valence-corrected chi connectivity index (χ1v) is 9.46. The minimum absolute atomic E-state index is 0.00438. The standard InChI is InChI=1S/C21H22N6O2/c1-15(28)16-6-5-9-18(14-16)23-20-24-19(22-17-7-3-2-4-8-17)25-21(26-20)27-10-12-29-13-11-27/h2-9,14H,10-13H2,1H3,(H2,22,23,24,25,26). The zero-order chi connectivity index (χ0) is 20.1. The van der Waals surface area contributed by atoms with Crippen LogP contribution in [-0.4, -0.2) is 47.0 Å². The third kappa shape index (κ3) is 4.85. The van der Waals surface area contributed by atoms with Crippen molar-refractivity contribution < 1.29 is 9.53 Å². The fourth-order valence-corrected chi connectivity index (χ4v) is 2.98. The number of carbonyl (C=O) groups is 1. The topological polar surface area (TPSA) is 92.3 Å². The van der Waals surface area contributed by atoms with Crippen LogP contribution in [0.2, 0.25) is 0 Å². The van der Waals surface area contributed by atoms with Crippen LogP contribution in [0.1, 0.15) is 17.3 Å². The van der Waals surface area contributed by atoms with E-state index in [9.17, 15) is 4.79 Å². The highest BCUT2D eigenvalue weighted by atomic mass is 16.5. The normalized spacial score (nSPS) is 13.8. The van der Waals surface area contributed by atoms with Crippen molar-refractivity contribution in [3.05, 3.63) is 60.2 Å². The molecule has 3 aromatic rings. The van der Waals surface area contributed by atoms with E-state index in [1.807, 2.05) is 42.5 Å². The zero-order valence-corrected chi connectivity index (χ0v) is 16.1. The summed E-state index contributed by atoms with van der Waals surface area (Å²) in [5, 5.41) is 6.42. The third-order valence-electron chi connectivity index (χ3n) is 4.47. The van der Waals surface area contributed by atoms with E-state index in [0.717, 1.165) is 11.4 Å². The Morgan fingerprint density at radius 1 is 0.897 bits per heavy atom. The second-order valence-corrected chi connectivity index (χ2v) is 6.64. The van der Waals surface area contributed by atoms with Crippen LogP contribution in [0.5, 0.6) is 0 Å². The van der Waals surface area contributed by atoms with E-state index in [2.05, 4.69) is 30.5 Å². The first kappa shape index (κ1) is 18.8. The number of ketones is 1. The lowest BCUT2D eigenvalue weighted by Crippen LogP contribution is -2.37. The van der Waals surface area contributed by atoms with Gasteiger partial charge in [0.05, 0.1) is 13.2 Å². The van der Waals surface area contributed by atoms with Gasteiger partial charge in [-0.05, 0) is 31.2 Å². The molecule has 8 nitrogen and oxygen atoms in total. The van der Waals surface area contributed by atoms with Gasteiger partial charge < -0.3 is 20.3 Å². The maximum absolute atomic E-state index is 11.7. The van der Waals surface area contributed by atoms with Crippen molar-refractivity contribution in [2.24, 2.45) is 0 Å². The molecule has 0 unspecified atom stereocenters. The number of carbonyl (C=O) groups excluding carboxylic acids is 1. The monoisotopic (exact) mass is 390 g/mol. The number of ether oxygens (including phenoxy) is 1. The minimum Gasteiger partial charge on any atom is -0.378 e. The number of morpholine rings is 1. The lowest BCUT2D eigenvalue weighted by atomic mass is 10.1. The Balaban J connectivity index is 1.65. The molecule has 1 saturated heterocycles. The van der Waals surface area contributed by atoms with Crippen molar-refractivity contribution in [1.29, 1.82) is 0 Å². The highest BCUT2D eigenvalue weighted by molar-refractivity contribution is 5.95. The number of hydrogen-bond donors (Lipinski definition) is 2. The molecule has 2 heterocycles. The highest BCUT2D eigenvalue weighted by Gasteiger charge is 2.17. The summed E-state index contributed by atoms with van der Waals surface area (Å²) in [5.74, 6) is 1.43. The molecule has 29 heavy (non-hydrogen) atoms.